The van der Waals surface area contributed by atoms with Crippen LogP contribution in [0.25, 0.3) is 0 Å². The van der Waals surface area contributed by atoms with E-state index >= 15 is 0 Å². The number of methoxy groups -OCH3 is 2. The summed E-state index contributed by atoms with van der Waals surface area (Å²) in [6, 6.07) is 6.05. The lowest BCUT2D eigenvalue weighted by Gasteiger charge is -2.18. The normalized spacial score (nSPS) is 17.6. The molecule has 0 spiro atoms. The molecule has 0 amide bonds. The van der Waals surface area contributed by atoms with Crippen LogP contribution >= 0.6 is 0 Å². The Morgan fingerprint density at radius 3 is 2.64 bits per heavy atom. The molecular formula is C20H27N3O2. The zero-order valence-corrected chi connectivity index (χ0v) is 15.4. The van der Waals surface area contributed by atoms with Crippen molar-refractivity contribution < 1.29 is 9.47 Å². The first kappa shape index (κ1) is 17.7. The highest BCUT2D eigenvalue weighted by Crippen LogP contribution is 2.36. The Morgan fingerprint density at radius 2 is 1.96 bits per heavy atom. The summed E-state index contributed by atoms with van der Waals surface area (Å²) in [5, 5.41) is 0. The van der Waals surface area contributed by atoms with E-state index in [1.54, 1.807) is 14.2 Å². The minimum absolute atomic E-state index is 0.463. The fourth-order valence-corrected chi connectivity index (χ4v) is 3.46. The quantitative estimate of drug-likeness (QED) is 0.772. The van der Waals surface area contributed by atoms with Gasteiger partial charge in [0, 0.05) is 48.9 Å². The SMILES string of the molecule is CCCc1ncc(CN2CC[C@@H](c3cc(OC)ccc3OC)C2)cn1. The number of benzene rings is 1. The van der Waals surface area contributed by atoms with E-state index < -0.39 is 0 Å². The van der Waals surface area contributed by atoms with Gasteiger partial charge in [0.1, 0.15) is 17.3 Å². The molecule has 134 valence electrons. The molecule has 2 heterocycles. The molecule has 5 heteroatoms. The van der Waals surface area contributed by atoms with Crippen LogP contribution in [-0.2, 0) is 13.0 Å². The van der Waals surface area contributed by atoms with Crippen molar-refractivity contribution in [3.8, 4) is 11.5 Å². The zero-order valence-electron chi connectivity index (χ0n) is 15.4. The highest BCUT2D eigenvalue weighted by atomic mass is 16.5. The molecule has 0 bridgehead atoms. The van der Waals surface area contributed by atoms with Crippen molar-refractivity contribution in [2.24, 2.45) is 0 Å². The van der Waals surface area contributed by atoms with E-state index in [0.29, 0.717) is 5.92 Å². The maximum atomic E-state index is 5.55. The van der Waals surface area contributed by atoms with Crippen molar-refractivity contribution in [3.05, 3.63) is 47.5 Å². The Morgan fingerprint density at radius 1 is 1.16 bits per heavy atom. The molecule has 1 aromatic carbocycles. The Hall–Kier alpha value is -2.14. The van der Waals surface area contributed by atoms with Gasteiger partial charge >= 0.3 is 0 Å². The summed E-state index contributed by atoms with van der Waals surface area (Å²) in [6.45, 7) is 5.13. The Balaban J connectivity index is 1.65. The van der Waals surface area contributed by atoms with E-state index in [-0.39, 0.29) is 0 Å². The third-order valence-corrected chi connectivity index (χ3v) is 4.79. The lowest BCUT2D eigenvalue weighted by molar-refractivity contribution is 0.324. The summed E-state index contributed by atoms with van der Waals surface area (Å²) < 4.78 is 10.9. The zero-order chi connectivity index (χ0) is 17.6. The summed E-state index contributed by atoms with van der Waals surface area (Å²) in [4.78, 5) is 11.4. The van der Waals surface area contributed by atoms with E-state index in [2.05, 4.69) is 27.9 Å². The van der Waals surface area contributed by atoms with Gasteiger partial charge in [0.2, 0.25) is 0 Å². The molecule has 1 aliphatic rings. The van der Waals surface area contributed by atoms with Gasteiger partial charge in [-0.25, -0.2) is 9.97 Å². The van der Waals surface area contributed by atoms with Crippen molar-refractivity contribution >= 4 is 0 Å². The van der Waals surface area contributed by atoms with Gasteiger partial charge in [-0.3, -0.25) is 4.90 Å². The van der Waals surface area contributed by atoms with Gasteiger partial charge < -0.3 is 9.47 Å². The Kier molecular flexibility index (Phi) is 5.87. The second kappa shape index (κ2) is 8.30. The number of aryl methyl sites for hydroxylation is 1. The fraction of sp³-hybridized carbons (Fsp3) is 0.500. The molecule has 0 radical (unpaired) electrons. The molecule has 0 N–H and O–H groups in total. The predicted molar refractivity (Wildman–Crippen MR) is 98.2 cm³/mol. The Bertz CT molecular complexity index is 688. The van der Waals surface area contributed by atoms with Gasteiger partial charge in [-0.2, -0.15) is 0 Å². The lowest BCUT2D eigenvalue weighted by atomic mass is 9.97. The van der Waals surface area contributed by atoms with Crippen LogP contribution in [0.4, 0.5) is 0 Å². The summed E-state index contributed by atoms with van der Waals surface area (Å²) in [5.74, 6) is 3.23. The van der Waals surface area contributed by atoms with Crippen molar-refractivity contribution in [1.29, 1.82) is 0 Å². The largest absolute Gasteiger partial charge is 0.497 e. The van der Waals surface area contributed by atoms with E-state index in [9.17, 15) is 0 Å². The molecule has 2 aromatic rings. The molecule has 1 aliphatic heterocycles. The van der Waals surface area contributed by atoms with Crippen LogP contribution in [0.15, 0.2) is 30.6 Å². The maximum Gasteiger partial charge on any atom is 0.128 e. The monoisotopic (exact) mass is 341 g/mol. The summed E-state index contributed by atoms with van der Waals surface area (Å²) in [7, 11) is 3.43. The third-order valence-electron chi connectivity index (χ3n) is 4.79. The van der Waals surface area contributed by atoms with Crippen LogP contribution in [0.1, 0.15) is 42.6 Å². The summed E-state index contributed by atoms with van der Waals surface area (Å²) in [5.41, 5.74) is 2.41. The van der Waals surface area contributed by atoms with Gasteiger partial charge in [-0.05, 0) is 37.6 Å². The van der Waals surface area contributed by atoms with Gasteiger partial charge in [-0.1, -0.05) is 6.92 Å². The maximum absolute atomic E-state index is 5.55. The van der Waals surface area contributed by atoms with Crippen molar-refractivity contribution in [2.75, 3.05) is 27.3 Å². The van der Waals surface area contributed by atoms with E-state index in [0.717, 1.165) is 56.2 Å². The molecule has 3 rings (SSSR count). The lowest BCUT2D eigenvalue weighted by Crippen LogP contribution is -2.20. The van der Waals surface area contributed by atoms with Crippen molar-refractivity contribution in [1.82, 2.24) is 14.9 Å². The number of hydrogen-bond donors (Lipinski definition) is 0. The molecule has 1 fully saturated rings. The average molecular weight is 341 g/mol. The topological polar surface area (TPSA) is 47.5 Å². The number of aromatic nitrogens is 2. The van der Waals surface area contributed by atoms with Gasteiger partial charge in [0.05, 0.1) is 14.2 Å². The molecule has 0 saturated carbocycles. The minimum Gasteiger partial charge on any atom is -0.497 e. The predicted octanol–water partition coefficient (Wildman–Crippen LogP) is 3.44. The van der Waals surface area contributed by atoms with E-state index in [1.165, 1.54) is 11.1 Å². The summed E-state index contributed by atoms with van der Waals surface area (Å²) >= 11 is 0. The van der Waals surface area contributed by atoms with Crippen LogP contribution in [0.5, 0.6) is 11.5 Å². The fourth-order valence-electron chi connectivity index (χ4n) is 3.46. The number of hydrogen-bond acceptors (Lipinski definition) is 5. The number of nitrogens with zero attached hydrogens (tertiary/aromatic N) is 3. The molecule has 25 heavy (non-hydrogen) atoms. The average Bonchev–Trinajstić information content (AvgIpc) is 3.11. The third kappa shape index (κ3) is 4.28. The number of rotatable bonds is 7. The van der Waals surface area contributed by atoms with Gasteiger partial charge in [-0.15, -0.1) is 0 Å². The Labute approximate surface area is 150 Å². The molecule has 0 aliphatic carbocycles. The molecule has 1 saturated heterocycles. The molecule has 1 atom stereocenters. The molecule has 5 nitrogen and oxygen atoms in total. The summed E-state index contributed by atoms with van der Waals surface area (Å²) in [6.07, 6.45) is 7.09. The second-order valence-electron chi connectivity index (χ2n) is 6.59. The smallest absolute Gasteiger partial charge is 0.128 e. The first-order valence-corrected chi connectivity index (χ1v) is 8.97. The molecule has 0 unspecified atom stereocenters. The van der Waals surface area contributed by atoms with Crippen molar-refractivity contribution in [3.63, 3.8) is 0 Å². The van der Waals surface area contributed by atoms with Crippen molar-refractivity contribution in [2.45, 2.75) is 38.6 Å². The van der Waals surface area contributed by atoms with Crippen LogP contribution in [0.3, 0.4) is 0 Å². The molecule has 1 aromatic heterocycles. The standard InChI is InChI=1S/C20H27N3O2/c1-4-5-20-21-11-15(12-22-20)13-23-9-8-16(14-23)18-10-17(24-2)6-7-19(18)25-3/h6-7,10-12,16H,4-5,8-9,13-14H2,1-3H3/t16-/m1/s1. The van der Waals surface area contributed by atoms with Crippen LogP contribution in [-0.4, -0.2) is 42.2 Å². The van der Waals surface area contributed by atoms with Gasteiger partial charge in [0.15, 0.2) is 0 Å². The number of ether oxygens (including phenoxy) is 2. The van der Waals surface area contributed by atoms with Crippen LogP contribution in [0, 0.1) is 0 Å². The first-order valence-electron chi connectivity index (χ1n) is 8.97. The van der Waals surface area contributed by atoms with E-state index in [1.807, 2.05) is 24.5 Å². The van der Waals surface area contributed by atoms with E-state index in [4.69, 9.17) is 9.47 Å². The minimum atomic E-state index is 0.463. The van der Waals surface area contributed by atoms with Crippen LogP contribution < -0.4 is 9.47 Å². The highest BCUT2D eigenvalue weighted by Gasteiger charge is 2.26. The second-order valence-corrected chi connectivity index (χ2v) is 6.59. The highest BCUT2D eigenvalue weighted by molar-refractivity contribution is 5.43. The molecular weight excluding hydrogens is 314 g/mol. The van der Waals surface area contributed by atoms with Gasteiger partial charge in [0.25, 0.3) is 0 Å². The number of likely N-dealkylation sites (tertiary alicyclic amines) is 1. The van der Waals surface area contributed by atoms with Crippen LogP contribution in [0.2, 0.25) is 0 Å². The first-order chi connectivity index (χ1) is 12.2.